The molecule has 0 aromatic heterocycles. The summed E-state index contributed by atoms with van der Waals surface area (Å²) >= 11 is 0. The van der Waals surface area contributed by atoms with Gasteiger partial charge in [-0.05, 0) is 35.1 Å². The SMILES string of the molecule is O=C(CC(NC(=O)OCC1c2ccccc2-c2ccccc21)C(F)F)NCC1(C(=O)O)CCCC1. The molecule has 1 saturated carbocycles. The van der Waals surface area contributed by atoms with Crippen LogP contribution in [-0.2, 0) is 14.3 Å². The molecule has 2 aromatic carbocycles. The standard InChI is InChI=1S/C26H28F2N2O5/c27-23(28)21(13-22(31)29-15-26(24(32)33)11-5-6-12-26)30-25(34)35-14-20-18-9-3-1-7-16(18)17-8-2-4-10-19(17)20/h1-4,7-10,20-21,23H,5-6,11-15H2,(H,29,31)(H,30,34)(H,32,33). The monoisotopic (exact) mass is 486 g/mol. The zero-order valence-electron chi connectivity index (χ0n) is 19.1. The van der Waals surface area contributed by atoms with Gasteiger partial charge in [0, 0.05) is 12.5 Å². The molecule has 0 bridgehead atoms. The Kier molecular flexibility index (Phi) is 7.33. The average Bonchev–Trinajstić information content (AvgIpc) is 3.45. The number of nitrogens with one attached hydrogen (secondary N) is 2. The van der Waals surface area contributed by atoms with E-state index in [9.17, 15) is 28.3 Å². The highest BCUT2D eigenvalue weighted by atomic mass is 19.3. The molecular weight excluding hydrogens is 458 g/mol. The van der Waals surface area contributed by atoms with E-state index in [4.69, 9.17) is 4.74 Å². The van der Waals surface area contributed by atoms with Crippen molar-refractivity contribution in [3.63, 3.8) is 0 Å². The van der Waals surface area contributed by atoms with Crippen molar-refractivity contribution in [1.29, 1.82) is 0 Å². The second-order valence-electron chi connectivity index (χ2n) is 9.18. The van der Waals surface area contributed by atoms with Crippen LogP contribution in [0.2, 0.25) is 0 Å². The number of hydrogen-bond acceptors (Lipinski definition) is 4. The quantitative estimate of drug-likeness (QED) is 0.490. The lowest BCUT2D eigenvalue weighted by Gasteiger charge is -2.25. The minimum atomic E-state index is -3.00. The van der Waals surface area contributed by atoms with E-state index in [0.29, 0.717) is 12.8 Å². The first-order valence-corrected chi connectivity index (χ1v) is 11.7. The maximum absolute atomic E-state index is 13.6. The third kappa shape index (κ3) is 5.28. The van der Waals surface area contributed by atoms with E-state index in [1.54, 1.807) is 0 Å². The van der Waals surface area contributed by atoms with Gasteiger partial charge in [0.15, 0.2) is 0 Å². The van der Waals surface area contributed by atoms with Crippen LogP contribution in [0, 0.1) is 5.41 Å². The first-order chi connectivity index (χ1) is 16.8. The minimum absolute atomic E-state index is 0.0385. The summed E-state index contributed by atoms with van der Waals surface area (Å²) in [6, 6.07) is 13.7. The van der Waals surface area contributed by atoms with Gasteiger partial charge in [0.2, 0.25) is 5.91 Å². The first-order valence-electron chi connectivity index (χ1n) is 11.7. The van der Waals surface area contributed by atoms with E-state index >= 15 is 0 Å². The fourth-order valence-corrected chi connectivity index (χ4v) is 5.05. The van der Waals surface area contributed by atoms with E-state index in [2.05, 4.69) is 10.6 Å². The van der Waals surface area contributed by atoms with Crippen molar-refractivity contribution in [2.75, 3.05) is 13.2 Å². The number of halogens is 2. The Hall–Kier alpha value is -3.49. The number of carbonyl (C=O) groups excluding carboxylic acids is 2. The Morgan fingerprint density at radius 1 is 1.00 bits per heavy atom. The molecule has 35 heavy (non-hydrogen) atoms. The Balaban J connectivity index is 1.32. The Morgan fingerprint density at radius 2 is 1.57 bits per heavy atom. The largest absolute Gasteiger partial charge is 0.481 e. The molecule has 1 atom stereocenters. The molecule has 0 radical (unpaired) electrons. The maximum Gasteiger partial charge on any atom is 0.407 e. The van der Waals surface area contributed by atoms with Crippen LogP contribution in [0.4, 0.5) is 13.6 Å². The van der Waals surface area contributed by atoms with E-state index in [1.165, 1.54) is 0 Å². The van der Waals surface area contributed by atoms with Crippen LogP contribution in [0.25, 0.3) is 11.1 Å². The second kappa shape index (κ2) is 10.4. The van der Waals surface area contributed by atoms with Crippen molar-refractivity contribution in [3.8, 4) is 11.1 Å². The van der Waals surface area contributed by atoms with Crippen molar-refractivity contribution in [2.45, 2.75) is 50.5 Å². The topological polar surface area (TPSA) is 105 Å². The van der Waals surface area contributed by atoms with Gasteiger partial charge in [-0.15, -0.1) is 0 Å². The molecule has 9 heteroatoms. The molecule has 4 rings (SSSR count). The van der Waals surface area contributed by atoms with Crippen molar-refractivity contribution in [1.82, 2.24) is 10.6 Å². The smallest absolute Gasteiger partial charge is 0.407 e. The summed E-state index contributed by atoms with van der Waals surface area (Å²) in [4.78, 5) is 36.2. The van der Waals surface area contributed by atoms with Crippen LogP contribution in [-0.4, -0.2) is 48.7 Å². The summed E-state index contributed by atoms with van der Waals surface area (Å²) in [5.74, 6) is -1.97. The second-order valence-corrected chi connectivity index (χ2v) is 9.18. The number of rotatable bonds is 9. The first kappa shape index (κ1) is 24.6. The number of ether oxygens (including phenoxy) is 1. The maximum atomic E-state index is 13.6. The summed E-state index contributed by atoms with van der Waals surface area (Å²) in [6.45, 7) is -0.161. The highest BCUT2D eigenvalue weighted by Crippen LogP contribution is 2.44. The van der Waals surface area contributed by atoms with Crippen LogP contribution in [0.1, 0.15) is 49.1 Å². The van der Waals surface area contributed by atoms with E-state index in [1.807, 2.05) is 48.5 Å². The van der Waals surface area contributed by atoms with Crippen LogP contribution >= 0.6 is 0 Å². The molecule has 2 aliphatic carbocycles. The highest BCUT2D eigenvalue weighted by Gasteiger charge is 2.41. The van der Waals surface area contributed by atoms with Crippen LogP contribution in [0.5, 0.6) is 0 Å². The molecule has 0 spiro atoms. The van der Waals surface area contributed by atoms with Crippen LogP contribution in [0.15, 0.2) is 48.5 Å². The summed E-state index contributed by atoms with van der Waals surface area (Å²) in [7, 11) is 0. The fourth-order valence-electron chi connectivity index (χ4n) is 5.05. The highest BCUT2D eigenvalue weighted by molar-refractivity contribution is 5.81. The number of carboxylic acid groups (broad SMARTS) is 1. The predicted octanol–water partition coefficient (Wildman–Crippen LogP) is 4.31. The number of fused-ring (bicyclic) bond motifs is 3. The van der Waals surface area contributed by atoms with Gasteiger partial charge in [0.25, 0.3) is 6.43 Å². The molecular formula is C26H28F2N2O5. The van der Waals surface area contributed by atoms with E-state index in [-0.39, 0.29) is 19.1 Å². The number of carboxylic acids is 1. The van der Waals surface area contributed by atoms with Gasteiger partial charge in [-0.25, -0.2) is 13.6 Å². The van der Waals surface area contributed by atoms with Gasteiger partial charge in [-0.1, -0.05) is 61.4 Å². The zero-order chi connectivity index (χ0) is 25.0. The number of hydrogen-bond donors (Lipinski definition) is 3. The van der Waals surface area contributed by atoms with Crippen LogP contribution in [0.3, 0.4) is 0 Å². The lowest BCUT2D eigenvalue weighted by Crippen LogP contribution is -2.46. The zero-order valence-corrected chi connectivity index (χ0v) is 19.1. The number of amides is 2. The van der Waals surface area contributed by atoms with Crippen molar-refractivity contribution >= 4 is 18.0 Å². The lowest BCUT2D eigenvalue weighted by molar-refractivity contribution is -0.148. The third-order valence-corrected chi connectivity index (χ3v) is 6.99. The van der Waals surface area contributed by atoms with E-state index in [0.717, 1.165) is 35.1 Å². The van der Waals surface area contributed by atoms with E-state index < -0.39 is 42.3 Å². The average molecular weight is 487 g/mol. The van der Waals surface area contributed by atoms with Crippen molar-refractivity contribution < 1.29 is 33.0 Å². The van der Waals surface area contributed by atoms with Crippen molar-refractivity contribution in [2.24, 2.45) is 5.41 Å². The molecule has 186 valence electrons. The normalized spacial score (nSPS) is 16.9. The molecule has 2 amide bonds. The molecule has 1 fully saturated rings. The van der Waals surface area contributed by atoms with Gasteiger partial charge in [-0.3, -0.25) is 9.59 Å². The van der Waals surface area contributed by atoms with Crippen molar-refractivity contribution in [3.05, 3.63) is 59.7 Å². The Bertz CT molecular complexity index is 1060. The molecule has 2 aliphatic rings. The molecule has 2 aromatic rings. The van der Waals surface area contributed by atoms with Gasteiger partial charge in [0.05, 0.1) is 11.8 Å². The fraction of sp³-hybridized carbons (Fsp3) is 0.423. The molecule has 0 heterocycles. The van der Waals surface area contributed by atoms with Gasteiger partial charge < -0.3 is 20.5 Å². The lowest BCUT2D eigenvalue weighted by atomic mass is 9.86. The number of carbonyl (C=O) groups is 3. The summed E-state index contributed by atoms with van der Waals surface area (Å²) in [5, 5.41) is 14.0. The summed E-state index contributed by atoms with van der Waals surface area (Å²) < 4.78 is 32.4. The van der Waals surface area contributed by atoms with Gasteiger partial charge >= 0.3 is 12.1 Å². The molecule has 0 saturated heterocycles. The number of benzene rings is 2. The molecule has 7 nitrogen and oxygen atoms in total. The number of aliphatic carboxylic acids is 1. The summed E-state index contributed by atoms with van der Waals surface area (Å²) in [5.41, 5.74) is 3.01. The minimum Gasteiger partial charge on any atom is -0.481 e. The Morgan fingerprint density at radius 3 is 2.11 bits per heavy atom. The van der Waals surface area contributed by atoms with Gasteiger partial charge in [0.1, 0.15) is 12.6 Å². The predicted molar refractivity (Wildman–Crippen MR) is 124 cm³/mol. The summed E-state index contributed by atoms with van der Waals surface area (Å²) in [6.07, 6.45) is -2.38. The molecule has 3 N–H and O–H groups in total. The van der Waals surface area contributed by atoms with Crippen LogP contribution < -0.4 is 10.6 Å². The molecule has 0 aliphatic heterocycles. The third-order valence-electron chi connectivity index (χ3n) is 6.99. The number of alkyl halides is 2. The molecule has 1 unspecified atom stereocenters. The number of alkyl carbamates (subject to hydrolysis) is 1. The Labute approximate surface area is 201 Å². The van der Waals surface area contributed by atoms with Gasteiger partial charge in [-0.2, -0.15) is 0 Å².